The van der Waals surface area contributed by atoms with Gasteiger partial charge in [-0.15, -0.1) is 10.2 Å². The van der Waals surface area contributed by atoms with E-state index in [0.29, 0.717) is 12.0 Å². The molecule has 0 bridgehead atoms. The number of rotatable bonds is 4. The van der Waals surface area contributed by atoms with E-state index in [1.54, 1.807) is 0 Å². The molecule has 1 aliphatic carbocycles. The third-order valence-electron chi connectivity index (χ3n) is 3.00. The van der Waals surface area contributed by atoms with Gasteiger partial charge in [0.1, 0.15) is 12.2 Å². The molecule has 1 aliphatic rings. The average molecular weight is 208 g/mol. The van der Waals surface area contributed by atoms with Crippen molar-refractivity contribution in [1.29, 1.82) is 0 Å². The molecule has 4 nitrogen and oxygen atoms in total. The van der Waals surface area contributed by atoms with Crippen LogP contribution in [0, 0.1) is 11.8 Å². The van der Waals surface area contributed by atoms with Crippen LogP contribution in [0.3, 0.4) is 0 Å². The Hall–Kier alpha value is -0.900. The predicted octanol–water partition coefficient (Wildman–Crippen LogP) is 1.21. The van der Waals surface area contributed by atoms with Gasteiger partial charge in [0.15, 0.2) is 0 Å². The van der Waals surface area contributed by atoms with Gasteiger partial charge < -0.3 is 10.3 Å². The third kappa shape index (κ3) is 2.56. The van der Waals surface area contributed by atoms with E-state index in [4.69, 9.17) is 5.73 Å². The van der Waals surface area contributed by atoms with E-state index < -0.39 is 0 Å². The van der Waals surface area contributed by atoms with Crippen molar-refractivity contribution in [3.05, 3.63) is 12.2 Å². The number of hydrogen-bond acceptors (Lipinski definition) is 3. The van der Waals surface area contributed by atoms with Gasteiger partial charge in [0.05, 0.1) is 0 Å². The van der Waals surface area contributed by atoms with Gasteiger partial charge in [-0.3, -0.25) is 0 Å². The minimum Gasteiger partial charge on any atom is -0.328 e. The summed E-state index contributed by atoms with van der Waals surface area (Å²) in [6, 6.07) is 0.427. The fraction of sp³-hybridized carbons (Fsp3) is 0.818. The first kappa shape index (κ1) is 10.6. The molecule has 0 unspecified atom stereocenters. The van der Waals surface area contributed by atoms with Crippen molar-refractivity contribution in [1.82, 2.24) is 14.8 Å². The maximum Gasteiger partial charge on any atom is 0.133 e. The molecular weight excluding hydrogens is 188 g/mol. The molecule has 0 atom stereocenters. The molecule has 2 N–H and O–H groups in total. The van der Waals surface area contributed by atoms with Gasteiger partial charge >= 0.3 is 0 Å². The summed E-state index contributed by atoms with van der Waals surface area (Å²) in [6.45, 7) is 5.44. The molecule has 0 aliphatic heterocycles. The lowest BCUT2D eigenvalue weighted by Gasteiger charge is -2.32. The van der Waals surface area contributed by atoms with E-state index in [9.17, 15) is 0 Å². The summed E-state index contributed by atoms with van der Waals surface area (Å²) in [5, 5.41) is 8.18. The molecule has 1 heterocycles. The lowest BCUT2D eigenvalue weighted by Crippen LogP contribution is -2.37. The second kappa shape index (κ2) is 4.31. The molecule has 1 aromatic rings. The maximum atomic E-state index is 5.77. The standard InChI is InChI=1S/C11H20N4/c1-8(2)6-15-7-13-14-11(15)5-9-3-10(12)4-9/h7-10H,3-6,12H2,1-2H3. The van der Waals surface area contributed by atoms with E-state index in [1.807, 2.05) is 6.33 Å². The maximum absolute atomic E-state index is 5.77. The lowest BCUT2D eigenvalue weighted by atomic mass is 9.78. The summed E-state index contributed by atoms with van der Waals surface area (Å²) in [7, 11) is 0. The highest BCUT2D eigenvalue weighted by Crippen LogP contribution is 2.28. The predicted molar refractivity (Wildman–Crippen MR) is 59.3 cm³/mol. The molecule has 0 radical (unpaired) electrons. The Morgan fingerprint density at radius 3 is 2.87 bits per heavy atom. The van der Waals surface area contributed by atoms with Gasteiger partial charge in [0.2, 0.25) is 0 Å². The van der Waals surface area contributed by atoms with Crippen LogP contribution in [-0.2, 0) is 13.0 Å². The summed E-state index contributed by atoms with van der Waals surface area (Å²) in [6.07, 6.45) is 5.18. The van der Waals surface area contributed by atoms with Crippen LogP contribution in [0.25, 0.3) is 0 Å². The molecular formula is C11H20N4. The zero-order valence-electron chi connectivity index (χ0n) is 9.56. The van der Waals surface area contributed by atoms with Crippen LogP contribution in [0.4, 0.5) is 0 Å². The number of nitrogens with two attached hydrogens (primary N) is 1. The molecule has 0 spiro atoms. The van der Waals surface area contributed by atoms with E-state index in [1.165, 1.54) is 0 Å². The van der Waals surface area contributed by atoms with Crippen molar-refractivity contribution in [3.8, 4) is 0 Å². The molecule has 0 aromatic carbocycles. The van der Waals surface area contributed by atoms with E-state index >= 15 is 0 Å². The molecule has 0 amide bonds. The van der Waals surface area contributed by atoms with E-state index in [2.05, 4.69) is 28.6 Å². The van der Waals surface area contributed by atoms with Crippen molar-refractivity contribution in [2.45, 2.75) is 45.7 Å². The smallest absolute Gasteiger partial charge is 0.133 e. The van der Waals surface area contributed by atoms with Gasteiger partial charge in [0.25, 0.3) is 0 Å². The Kier molecular flexibility index (Phi) is 3.05. The van der Waals surface area contributed by atoms with Crippen molar-refractivity contribution in [2.24, 2.45) is 17.6 Å². The van der Waals surface area contributed by atoms with E-state index in [0.717, 1.165) is 37.5 Å². The van der Waals surface area contributed by atoms with Crippen LogP contribution < -0.4 is 5.73 Å². The Balaban J connectivity index is 1.93. The highest BCUT2D eigenvalue weighted by Gasteiger charge is 2.27. The quantitative estimate of drug-likeness (QED) is 0.809. The molecule has 1 aromatic heterocycles. The largest absolute Gasteiger partial charge is 0.328 e. The van der Waals surface area contributed by atoms with Gasteiger partial charge in [-0.25, -0.2) is 0 Å². The first-order valence-corrected chi connectivity index (χ1v) is 5.77. The summed E-state index contributed by atoms with van der Waals surface area (Å²) < 4.78 is 2.18. The van der Waals surface area contributed by atoms with Crippen molar-refractivity contribution in [2.75, 3.05) is 0 Å². The highest BCUT2D eigenvalue weighted by atomic mass is 15.3. The van der Waals surface area contributed by atoms with Gasteiger partial charge in [0, 0.05) is 19.0 Å². The first-order valence-electron chi connectivity index (χ1n) is 5.77. The second-order valence-electron chi connectivity index (χ2n) is 5.10. The molecule has 1 saturated carbocycles. The molecule has 1 fully saturated rings. The molecule has 84 valence electrons. The Morgan fingerprint density at radius 1 is 1.53 bits per heavy atom. The summed E-state index contributed by atoms with van der Waals surface area (Å²) in [4.78, 5) is 0. The van der Waals surface area contributed by atoms with Crippen LogP contribution in [0.1, 0.15) is 32.5 Å². The van der Waals surface area contributed by atoms with Crippen LogP contribution in [0.5, 0.6) is 0 Å². The van der Waals surface area contributed by atoms with Gasteiger partial charge in [-0.2, -0.15) is 0 Å². The monoisotopic (exact) mass is 208 g/mol. The molecule has 4 heteroatoms. The summed E-state index contributed by atoms with van der Waals surface area (Å²) >= 11 is 0. The Labute approximate surface area is 90.9 Å². The normalized spacial score (nSPS) is 25.6. The van der Waals surface area contributed by atoms with Crippen molar-refractivity contribution >= 4 is 0 Å². The minimum absolute atomic E-state index is 0.427. The molecule has 15 heavy (non-hydrogen) atoms. The second-order valence-corrected chi connectivity index (χ2v) is 5.10. The van der Waals surface area contributed by atoms with Crippen molar-refractivity contribution in [3.63, 3.8) is 0 Å². The fourth-order valence-corrected chi connectivity index (χ4v) is 2.20. The van der Waals surface area contributed by atoms with Crippen LogP contribution in [0.15, 0.2) is 6.33 Å². The lowest BCUT2D eigenvalue weighted by molar-refractivity contribution is 0.257. The Bertz CT molecular complexity index is 312. The number of aromatic nitrogens is 3. The highest BCUT2D eigenvalue weighted by molar-refractivity contribution is 4.94. The molecule has 0 saturated heterocycles. The number of hydrogen-bond donors (Lipinski definition) is 1. The Morgan fingerprint density at radius 2 is 2.27 bits per heavy atom. The fourth-order valence-electron chi connectivity index (χ4n) is 2.20. The number of nitrogens with zero attached hydrogens (tertiary/aromatic N) is 3. The topological polar surface area (TPSA) is 56.7 Å². The summed E-state index contributed by atoms with van der Waals surface area (Å²) in [5.74, 6) is 2.50. The average Bonchev–Trinajstić information content (AvgIpc) is 2.49. The van der Waals surface area contributed by atoms with Gasteiger partial charge in [-0.05, 0) is 24.7 Å². The summed E-state index contributed by atoms with van der Waals surface area (Å²) in [5.41, 5.74) is 5.77. The van der Waals surface area contributed by atoms with Crippen LogP contribution in [-0.4, -0.2) is 20.8 Å². The van der Waals surface area contributed by atoms with E-state index in [-0.39, 0.29) is 0 Å². The third-order valence-corrected chi connectivity index (χ3v) is 3.00. The van der Waals surface area contributed by atoms with Crippen LogP contribution in [0.2, 0.25) is 0 Å². The van der Waals surface area contributed by atoms with Crippen LogP contribution >= 0.6 is 0 Å². The zero-order chi connectivity index (χ0) is 10.8. The van der Waals surface area contributed by atoms with Crippen molar-refractivity contribution < 1.29 is 0 Å². The molecule has 2 rings (SSSR count). The zero-order valence-corrected chi connectivity index (χ0v) is 9.56. The minimum atomic E-state index is 0.427. The first-order chi connectivity index (χ1) is 7.15. The SMILES string of the molecule is CC(C)Cn1cnnc1CC1CC(N)C1. The van der Waals surface area contributed by atoms with Gasteiger partial charge in [-0.1, -0.05) is 13.8 Å².